The first kappa shape index (κ1) is 17.6. The van der Waals surface area contributed by atoms with Crippen molar-refractivity contribution in [3.05, 3.63) is 58.6 Å². The smallest absolute Gasteiger partial charge is 0.241 e. The zero-order valence-corrected chi connectivity index (χ0v) is 15.5. The molecule has 1 aliphatic rings. The number of piperazine rings is 1. The maximum atomic E-state index is 12.5. The summed E-state index contributed by atoms with van der Waals surface area (Å²) < 4.78 is 0. The highest BCUT2D eigenvalue weighted by Gasteiger charge is 2.21. The van der Waals surface area contributed by atoms with Gasteiger partial charge in [0.2, 0.25) is 5.91 Å². The minimum absolute atomic E-state index is 0.115. The SMILES string of the molecule is Cc1cc(C)c(NCC(=O)N2CCN(c3ccccc3)CC2)c(Cl)c1. The molecule has 0 unspecified atom stereocenters. The first-order chi connectivity index (χ1) is 12.0. The van der Waals surface area contributed by atoms with Gasteiger partial charge >= 0.3 is 0 Å². The number of amides is 1. The number of benzene rings is 2. The van der Waals surface area contributed by atoms with Crippen LogP contribution in [0.4, 0.5) is 11.4 Å². The molecule has 1 amide bonds. The van der Waals surface area contributed by atoms with Gasteiger partial charge < -0.3 is 15.1 Å². The van der Waals surface area contributed by atoms with Crippen molar-refractivity contribution in [2.24, 2.45) is 0 Å². The van der Waals surface area contributed by atoms with Gasteiger partial charge in [0.05, 0.1) is 17.3 Å². The topological polar surface area (TPSA) is 35.6 Å². The average Bonchev–Trinajstić information content (AvgIpc) is 2.61. The van der Waals surface area contributed by atoms with E-state index in [2.05, 4.69) is 28.4 Å². The van der Waals surface area contributed by atoms with E-state index in [4.69, 9.17) is 11.6 Å². The third-order valence-electron chi connectivity index (χ3n) is 4.60. The van der Waals surface area contributed by atoms with Crippen LogP contribution < -0.4 is 10.2 Å². The van der Waals surface area contributed by atoms with Crippen LogP contribution in [-0.4, -0.2) is 43.5 Å². The zero-order chi connectivity index (χ0) is 17.8. The Morgan fingerprint density at radius 2 is 1.76 bits per heavy atom. The Bertz CT molecular complexity index is 717. The number of carbonyl (C=O) groups excluding carboxylic acids is 1. The number of nitrogens with zero attached hydrogens (tertiary/aromatic N) is 2. The van der Waals surface area contributed by atoms with Gasteiger partial charge in [-0.3, -0.25) is 4.79 Å². The predicted octanol–water partition coefficient (Wildman–Crippen LogP) is 3.72. The molecule has 0 aliphatic carbocycles. The van der Waals surface area contributed by atoms with Crippen LogP contribution >= 0.6 is 11.6 Å². The lowest BCUT2D eigenvalue weighted by atomic mass is 10.1. The van der Waals surface area contributed by atoms with Crippen molar-refractivity contribution in [2.75, 3.05) is 42.9 Å². The second-order valence-corrected chi connectivity index (χ2v) is 6.90. The molecule has 132 valence electrons. The molecule has 5 heteroatoms. The van der Waals surface area contributed by atoms with Crippen LogP contribution in [0.15, 0.2) is 42.5 Å². The minimum atomic E-state index is 0.115. The van der Waals surface area contributed by atoms with E-state index in [9.17, 15) is 4.79 Å². The maximum absolute atomic E-state index is 12.5. The fourth-order valence-corrected chi connectivity index (χ4v) is 3.66. The van der Waals surface area contributed by atoms with Gasteiger partial charge in [0.1, 0.15) is 0 Å². The number of halogens is 1. The standard InChI is InChI=1S/C20H24ClN3O/c1-15-12-16(2)20(18(21)13-15)22-14-19(25)24-10-8-23(9-11-24)17-6-4-3-5-7-17/h3-7,12-13,22H,8-11,14H2,1-2H3. The summed E-state index contributed by atoms with van der Waals surface area (Å²) in [6, 6.07) is 14.3. The molecular formula is C20H24ClN3O. The van der Waals surface area contributed by atoms with E-state index < -0.39 is 0 Å². The van der Waals surface area contributed by atoms with Gasteiger partial charge in [-0.15, -0.1) is 0 Å². The van der Waals surface area contributed by atoms with Crippen LogP contribution in [0.1, 0.15) is 11.1 Å². The summed E-state index contributed by atoms with van der Waals surface area (Å²) in [4.78, 5) is 16.7. The quantitative estimate of drug-likeness (QED) is 0.905. The van der Waals surface area contributed by atoms with Crippen LogP contribution in [-0.2, 0) is 4.79 Å². The minimum Gasteiger partial charge on any atom is -0.375 e. The lowest BCUT2D eigenvalue weighted by molar-refractivity contribution is -0.129. The number of hydrogen-bond acceptors (Lipinski definition) is 3. The summed E-state index contributed by atoms with van der Waals surface area (Å²) in [7, 11) is 0. The highest BCUT2D eigenvalue weighted by atomic mass is 35.5. The van der Waals surface area contributed by atoms with E-state index >= 15 is 0 Å². The molecule has 1 aliphatic heterocycles. The fraction of sp³-hybridized carbons (Fsp3) is 0.350. The lowest BCUT2D eigenvalue weighted by Gasteiger charge is -2.36. The van der Waals surface area contributed by atoms with Gasteiger partial charge in [0.15, 0.2) is 0 Å². The van der Waals surface area contributed by atoms with E-state index in [-0.39, 0.29) is 12.5 Å². The van der Waals surface area contributed by atoms with Gasteiger partial charge in [-0.2, -0.15) is 0 Å². The van der Waals surface area contributed by atoms with Crippen molar-refractivity contribution >= 4 is 28.9 Å². The number of rotatable bonds is 4. The molecule has 0 aromatic heterocycles. The van der Waals surface area contributed by atoms with Crippen LogP contribution in [0.25, 0.3) is 0 Å². The monoisotopic (exact) mass is 357 g/mol. The van der Waals surface area contributed by atoms with E-state index in [1.54, 1.807) is 0 Å². The van der Waals surface area contributed by atoms with Gasteiger partial charge in [-0.25, -0.2) is 0 Å². The summed E-state index contributed by atoms with van der Waals surface area (Å²) in [6.45, 7) is 7.51. The molecule has 0 bridgehead atoms. The van der Waals surface area contributed by atoms with E-state index in [1.165, 1.54) is 5.69 Å². The first-order valence-corrected chi connectivity index (χ1v) is 9.01. The number of carbonyl (C=O) groups is 1. The Labute approximate surface area is 154 Å². The molecule has 4 nitrogen and oxygen atoms in total. The number of anilines is 2. The molecule has 0 radical (unpaired) electrons. The Morgan fingerprint density at radius 3 is 2.40 bits per heavy atom. The Kier molecular flexibility index (Phi) is 5.49. The second kappa shape index (κ2) is 7.79. The van der Waals surface area contributed by atoms with Crippen molar-refractivity contribution in [1.29, 1.82) is 0 Å². The molecule has 3 rings (SSSR count). The second-order valence-electron chi connectivity index (χ2n) is 6.50. The molecule has 2 aromatic carbocycles. The normalized spacial score (nSPS) is 14.5. The molecule has 1 saturated heterocycles. The number of para-hydroxylation sites is 1. The van der Waals surface area contributed by atoms with Gasteiger partial charge in [0.25, 0.3) is 0 Å². The predicted molar refractivity (Wildman–Crippen MR) is 105 cm³/mol. The van der Waals surface area contributed by atoms with Crippen LogP contribution in [0.5, 0.6) is 0 Å². The molecule has 25 heavy (non-hydrogen) atoms. The molecule has 1 fully saturated rings. The summed E-state index contributed by atoms with van der Waals surface area (Å²) in [5.41, 5.74) is 4.25. The van der Waals surface area contributed by atoms with Crippen LogP contribution in [0.2, 0.25) is 5.02 Å². The van der Waals surface area contributed by atoms with E-state index in [1.807, 2.05) is 43.0 Å². The van der Waals surface area contributed by atoms with Gasteiger partial charge in [-0.05, 0) is 43.2 Å². The Hall–Kier alpha value is -2.20. The van der Waals surface area contributed by atoms with E-state index in [0.717, 1.165) is 43.0 Å². The van der Waals surface area contributed by atoms with Crippen molar-refractivity contribution in [3.8, 4) is 0 Å². The van der Waals surface area contributed by atoms with Crippen molar-refractivity contribution in [2.45, 2.75) is 13.8 Å². The molecular weight excluding hydrogens is 334 g/mol. The molecule has 0 spiro atoms. The summed E-state index contributed by atoms with van der Waals surface area (Å²) in [5.74, 6) is 0.115. The molecule has 0 saturated carbocycles. The maximum Gasteiger partial charge on any atom is 0.241 e. The number of aryl methyl sites for hydroxylation is 2. The summed E-state index contributed by atoms with van der Waals surface area (Å²) in [6.07, 6.45) is 0. The molecule has 0 atom stereocenters. The third-order valence-corrected chi connectivity index (χ3v) is 4.90. The number of hydrogen-bond donors (Lipinski definition) is 1. The largest absolute Gasteiger partial charge is 0.375 e. The lowest BCUT2D eigenvalue weighted by Crippen LogP contribution is -2.50. The highest BCUT2D eigenvalue weighted by Crippen LogP contribution is 2.27. The van der Waals surface area contributed by atoms with Crippen molar-refractivity contribution < 1.29 is 4.79 Å². The average molecular weight is 358 g/mol. The fourth-order valence-electron chi connectivity index (χ4n) is 3.27. The first-order valence-electron chi connectivity index (χ1n) is 8.63. The van der Waals surface area contributed by atoms with Gasteiger partial charge in [-0.1, -0.05) is 35.9 Å². The molecule has 1 N–H and O–H groups in total. The summed E-state index contributed by atoms with van der Waals surface area (Å²) in [5, 5.41) is 3.88. The number of nitrogens with one attached hydrogen (secondary N) is 1. The Balaban J connectivity index is 1.53. The van der Waals surface area contributed by atoms with Crippen molar-refractivity contribution in [3.63, 3.8) is 0 Å². The Morgan fingerprint density at radius 1 is 1.08 bits per heavy atom. The van der Waals surface area contributed by atoms with Gasteiger partial charge in [0, 0.05) is 31.9 Å². The zero-order valence-electron chi connectivity index (χ0n) is 14.8. The summed E-state index contributed by atoms with van der Waals surface area (Å²) >= 11 is 6.30. The van der Waals surface area contributed by atoms with Crippen LogP contribution in [0, 0.1) is 13.8 Å². The van der Waals surface area contributed by atoms with Crippen molar-refractivity contribution in [1.82, 2.24) is 4.90 Å². The highest BCUT2D eigenvalue weighted by molar-refractivity contribution is 6.33. The molecule has 1 heterocycles. The van der Waals surface area contributed by atoms with E-state index in [0.29, 0.717) is 5.02 Å². The third kappa shape index (κ3) is 4.26. The molecule has 2 aromatic rings. The van der Waals surface area contributed by atoms with Crippen LogP contribution in [0.3, 0.4) is 0 Å².